The van der Waals surface area contributed by atoms with Gasteiger partial charge in [-0.15, -0.1) is 11.3 Å². The number of thiophene rings is 1. The van der Waals surface area contributed by atoms with Crippen molar-refractivity contribution >= 4 is 119 Å². The smallest absolute Gasteiger partial charge is 0.167 e. The number of nitrogens with zero attached hydrogens (tertiary/aromatic N) is 15. The lowest BCUT2D eigenvalue weighted by atomic mass is 9.95. The molecule has 19 nitrogen and oxygen atoms in total. The Hall–Kier alpha value is -17.2. The van der Waals surface area contributed by atoms with Gasteiger partial charge in [0.05, 0.1) is 5.56 Å². The molecule has 0 radical (unpaired) electrons. The normalized spacial score (nSPS) is 12.0. The third-order valence-corrected chi connectivity index (χ3v) is 26.0. The Morgan fingerprint density at radius 2 is 0.434 bits per heavy atom. The first-order valence-corrected chi connectivity index (χ1v) is 49.5. The molecule has 20 heteroatoms. The van der Waals surface area contributed by atoms with E-state index >= 15 is 0 Å². The number of para-hydroxylation sites is 5. The first-order valence-electron chi connectivity index (χ1n) is 48.6. The molecule has 0 aliphatic rings. The summed E-state index contributed by atoms with van der Waals surface area (Å²) >= 11 is 1.81. The third kappa shape index (κ3) is 19.9. The summed E-state index contributed by atoms with van der Waals surface area (Å²) in [4.78, 5) is 72.1. The van der Waals surface area contributed by atoms with Gasteiger partial charge in [0.15, 0.2) is 58.2 Å². The van der Waals surface area contributed by atoms with Crippen molar-refractivity contribution in [3.63, 3.8) is 0 Å². The summed E-state index contributed by atoms with van der Waals surface area (Å²) in [6.45, 7) is 31.8. The van der Waals surface area contributed by atoms with E-state index in [0.29, 0.717) is 46.6 Å². The number of hydrogen-bond donors (Lipinski definition) is 0. The summed E-state index contributed by atoms with van der Waals surface area (Å²) in [6.07, 6.45) is 0. The second kappa shape index (κ2) is 38.7. The number of rotatable bonds is 10. The van der Waals surface area contributed by atoms with E-state index in [9.17, 15) is 0 Å². The van der Waals surface area contributed by atoms with Crippen LogP contribution in [0.2, 0.25) is 0 Å². The Morgan fingerprint density at radius 3 is 0.876 bits per heavy atom. The van der Waals surface area contributed by atoms with E-state index in [4.69, 9.17) is 92.4 Å². The van der Waals surface area contributed by atoms with Gasteiger partial charge in [-0.05, 0) is 78.9 Å². The molecule has 0 atom stereocenters. The lowest BCUT2D eigenvalue weighted by Crippen LogP contribution is -2.18. The van der Waals surface area contributed by atoms with Gasteiger partial charge in [0, 0.05) is 140 Å². The van der Waals surface area contributed by atoms with Gasteiger partial charge in [0.2, 0.25) is 0 Å². The van der Waals surface area contributed by atoms with Crippen LogP contribution >= 0.6 is 11.3 Å². The highest BCUT2D eigenvalue weighted by atomic mass is 32.1. The van der Waals surface area contributed by atoms with E-state index in [1.165, 1.54) is 20.2 Å². The fourth-order valence-corrected chi connectivity index (χ4v) is 18.4. The molecule has 0 fully saturated rings. The van der Waals surface area contributed by atoms with Crippen molar-refractivity contribution in [1.82, 2.24) is 74.8 Å². The van der Waals surface area contributed by atoms with Gasteiger partial charge in [-0.1, -0.05) is 389 Å². The average molecular weight is 1910 g/mol. The maximum absolute atomic E-state index is 6.21. The minimum atomic E-state index is -0.205. The fraction of sp³-hybridized carbons (Fsp3) is 0.160. The van der Waals surface area contributed by atoms with Crippen LogP contribution < -0.4 is 0 Å². The Morgan fingerprint density at radius 1 is 0.166 bits per heavy atom. The van der Waals surface area contributed by atoms with Crippen LogP contribution in [0.4, 0.5) is 0 Å². The van der Waals surface area contributed by atoms with E-state index in [1.54, 1.807) is 0 Å². The minimum absolute atomic E-state index is 0.164. The van der Waals surface area contributed by atoms with Gasteiger partial charge >= 0.3 is 0 Å². The van der Waals surface area contributed by atoms with Gasteiger partial charge in [0.1, 0.15) is 73.8 Å². The van der Waals surface area contributed by atoms with E-state index < -0.39 is 0 Å². The zero-order valence-corrected chi connectivity index (χ0v) is 84.2. The molecule has 0 amide bonds. The predicted molar refractivity (Wildman–Crippen MR) is 589 cm³/mol. The molecule has 10 heterocycles. The van der Waals surface area contributed by atoms with Crippen molar-refractivity contribution in [1.29, 1.82) is 0 Å². The van der Waals surface area contributed by atoms with Crippen LogP contribution in [0.25, 0.3) is 222 Å². The molecule has 0 aliphatic carbocycles. The maximum atomic E-state index is 6.21. The van der Waals surface area contributed by atoms with Crippen LogP contribution in [0.3, 0.4) is 0 Å². The Kier molecular flexibility index (Phi) is 25.1. The molecule has 710 valence electrons. The highest BCUT2D eigenvalue weighted by Crippen LogP contribution is 2.43. The molecule has 145 heavy (non-hydrogen) atoms. The predicted octanol–water partition coefficient (Wildman–Crippen LogP) is 32.5. The fourth-order valence-electron chi connectivity index (χ4n) is 17.2. The third-order valence-electron chi connectivity index (χ3n) is 24.9. The molecule has 0 spiro atoms. The first-order chi connectivity index (χ1) is 70.0. The molecule has 0 saturated carbocycles. The van der Waals surface area contributed by atoms with Crippen LogP contribution in [-0.4, -0.2) is 74.8 Å². The molecular formula is C125H105N15O4S. The van der Waals surface area contributed by atoms with E-state index in [-0.39, 0.29) is 27.1 Å². The molecule has 0 saturated heterocycles. The quantitative estimate of drug-likeness (QED) is 0.123. The monoisotopic (exact) mass is 1910 g/mol. The molecular weight excluding hydrogens is 1810 g/mol. The first kappa shape index (κ1) is 94.0. The van der Waals surface area contributed by atoms with Crippen molar-refractivity contribution in [2.45, 2.75) is 131 Å². The summed E-state index contributed by atoms with van der Waals surface area (Å²) in [5.74, 6) is 10.7. The van der Waals surface area contributed by atoms with E-state index in [1.807, 2.05) is 278 Å². The summed E-state index contributed by atoms with van der Waals surface area (Å²) in [5.41, 5.74) is 15.5. The lowest BCUT2D eigenvalue weighted by Gasteiger charge is -2.18. The number of aromatic nitrogens is 15. The van der Waals surface area contributed by atoms with Gasteiger partial charge in [-0.2, -0.15) is 0 Å². The van der Waals surface area contributed by atoms with Crippen LogP contribution in [0.15, 0.2) is 382 Å². The van der Waals surface area contributed by atoms with Crippen molar-refractivity contribution in [3.05, 3.63) is 393 Å². The largest absolute Gasteiger partial charge is 0.456 e. The molecule has 25 aromatic rings. The van der Waals surface area contributed by atoms with Gasteiger partial charge < -0.3 is 17.7 Å². The van der Waals surface area contributed by atoms with Crippen molar-refractivity contribution in [3.8, 4) is 114 Å². The number of fused-ring (bicyclic) bond motifs is 15. The standard InChI is InChI=1S/4C25H21N3O.C25H21N3S/c1-25(2,3)24-27-22(16-10-5-4-6-11-16)26-23(28-24)19-14-9-13-18-17-12-7-8-15-20(17)29-21(18)19;1-25(2,3)24-27-22(16-10-5-4-6-11-16)26-23(28-24)18-13-9-15-20-21(18)17-12-7-8-14-19(17)29-20;1-25(2,3)24-27-22(16-9-5-4-6-10-16)26-23(28-24)17-13-14-21-19(15-17)18-11-7-8-12-20(18)29-21;2*1-25(2,3)24-27-22(16-9-5-4-6-10-16)26-23(28-24)17-13-14-19-18-11-7-8-12-20(18)29-21(19)15-17/h5*4-15H,1-3H3. The topological polar surface area (TPSA) is 246 Å². The van der Waals surface area contributed by atoms with Gasteiger partial charge in [-0.25, -0.2) is 74.8 Å². The molecule has 25 rings (SSSR count). The van der Waals surface area contributed by atoms with Crippen LogP contribution in [0.5, 0.6) is 0 Å². The molecule has 0 N–H and O–H groups in total. The average Bonchev–Trinajstić information content (AvgIpc) is 1.63. The Labute approximate surface area is 843 Å². The molecule has 10 aromatic heterocycles. The second-order valence-electron chi connectivity index (χ2n) is 41.1. The SMILES string of the molecule is CC(C)(C)c1nc(-c2ccccc2)nc(-c2ccc3c(c2)oc2ccccc23)n1.CC(C)(C)c1nc(-c2ccccc2)nc(-c2ccc3c(c2)sc2ccccc23)n1.CC(C)(C)c1nc(-c2ccccc2)nc(-c2ccc3oc4ccccc4c3c2)n1.CC(C)(C)c1nc(-c2ccccc2)nc(-c2cccc3c2oc2ccccc23)n1.CC(C)(C)c1nc(-c2ccccc2)nc(-c2cccc3oc4ccccc4c23)n1. The highest BCUT2D eigenvalue weighted by molar-refractivity contribution is 7.25. The Balaban J connectivity index is 0.000000107. The lowest BCUT2D eigenvalue weighted by molar-refractivity contribution is 0.543. The maximum Gasteiger partial charge on any atom is 0.167 e. The minimum Gasteiger partial charge on any atom is -0.456 e. The Bertz CT molecular complexity index is 8870. The highest BCUT2D eigenvalue weighted by Gasteiger charge is 2.30. The van der Waals surface area contributed by atoms with Crippen LogP contribution in [0.1, 0.15) is 133 Å². The van der Waals surface area contributed by atoms with Gasteiger partial charge in [0.25, 0.3) is 0 Å². The summed E-state index contributed by atoms with van der Waals surface area (Å²) in [5, 5.41) is 11.2. The number of furan rings is 4. The van der Waals surface area contributed by atoms with Crippen molar-refractivity contribution in [2.24, 2.45) is 0 Å². The zero-order valence-electron chi connectivity index (χ0n) is 83.4. The van der Waals surface area contributed by atoms with E-state index in [0.717, 1.165) is 184 Å². The molecule has 15 aromatic carbocycles. The number of hydrogen-bond acceptors (Lipinski definition) is 20. The van der Waals surface area contributed by atoms with Crippen LogP contribution in [0, 0.1) is 0 Å². The summed E-state index contributed by atoms with van der Waals surface area (Å²) < 4.78 is 26.8. The summed E-state index contributed by atoms with van der Waals surface area (Å²) in [7, 11) is 0. The van der Waals surface area contributed by atoms with Crippen molar-refractivity contribution < 1.29 is 17.7 Å². The van der Waals surface area contributed by atoms with E-state index in [2.05, 4.69) is 201 Å². The van der Waals surface area contributed by atoms with Crippen LogP contribution in [-0.2, 0) is 27.1 Å². The van der Waals surface area contributed by atoms with Crippen molar-refractivity contribution in [2.75, 3.05) is 0 Å². The number of benzene rings is 15. The zero-order chi connectivity index (χ0) is 100. The second-order valence-corrected chi connectivity index (χ2v) is 42.2. The van der Waals surface area contributed by atoms with Gasteiger partial charge in [-0.3, -0.25) is 0 Å². The summed E-state index contributed by atoms with van der Waals surface area (Å²) in [6, 6.07) is 122. The molecule has 0 bridgehead atoms. The molecule has 0 aliphatic heterocycles. The molecule has 0 unspecified atom stereocenters.